The van der Waals surface area contributed by atoms with E-state index in [1.165, 1.54) is 0 Å². The Morgan fingerprint density at radius 2 is 1.41 bits per heavy atom. The van der Waals surface area contributed by atoms with Crippen LogP contribution in [0.1, 0.15) is 31.9 Å². The average Bonchev–Trinajstić information content (AvgIpc) is 3.21. The predicted octanol–water partition coefficient (Wildman–Crippen LogP) is 7.13. The van der Waals surface area contributed by atoms with E-state index in [4.69, 9.17) is 28.9 Å². The molecule has 0 radical (unpaired) electrons. The average molecular weight is 588 g/mol. The van der Waals surface area contributed by atoms with Gasteiger partial charge in [-0.15, -0.1) is 0 Å². The molecule has 41 heavy (non-hydrogen) atoms. The Morgan fingerprint density at radius 3 is 2.02 bits per heavy atom. The SMILES string of the molecule is CC(C)=C/C(=C\C=C(/C)NCCNC(=O)C=C1c2cc(Cl)ccc2-c2ccc(Cl)cc21)C(=O)Nc1ccccc1N. The number of para-hydroxylation sites is 2. The largest absolute Gasteiger partial charge is 0.397 e. The van der Waals surface area contributed by atoms with Crippen LogP contribution in [0.15, 0.2) is 102 Å². The van der Waals surface area contributed by atoms with Crippen molar-refractivity contribution in [1.82, 2.24) is 10.6 Å². The number of carbonyl (C=O) groups excluding carboxylic acids is 2. The van der Waals surface area contributed by atoms with Crippen molar-refractivity contribution in [2.75, 3.05) is 24.1 Å². The number of benzene rings is 3. The minimum absolute atomic E-state index is 0.218. The van der Waals surface area contributed by atoms with E-state index < -0.39 is 0 Å². The Hall–Kier alpha value is -4.26. The van der Waals surface area contributed by atoms with E-state index >= 15 is 0 Å². The van der Waals surface area contributed by atoms with Crippen LogP contribution in [0.4, 0.5) is 11.4 Å². The molecule has 2 amide bonds. The number of nitrogens with one attached hydrogen (secondary N) is 3. The minimum Gasteiger partial charge on any atom is -0.397 e. The zero-order valence-electron chi connectivity index (χ0n) is 23.1. The lowest BCUT2D eigenvalue weighted by atomic mass is 10.0. The van der Waals surface area contributed by atoms with E-state index in [0.29, 0.717) is 40.1 Å². The van der Waals surface area contributed by atoms with Gasteiger partial charge >= 0.3 is 0 Å². The van der Waals surface area contributed by atoms with Gasteiger partial charge in [0.15, 0.2) is 0 Å². The molecule has 3 aromatic carbocycles. The van der Waals surface area contributed by atoms with Gasteiger partial charge in [0.1, 0.15) is 0 Å². The zero-order chi connectivity index (χ0) is 29.5. The molecule has 0 aliphatic heterocycles. The summed E-state index contributed by atoms with van der Waals surface area (Å²) in [4.78, 5) is 25.7. The fraction of sp³-hybridized carbons (Fsp3) is 0.152. The Balaban J connectivity index is 1.37. The number of nitrogen functional groups attached to an aromatic ring is 1. The first kappa shape index (κ1) is 29.7. The molecule has 0 saturated heterocycles. The molecule has 4 rings (SSSR count). The summed E-state index contributed by atoms with van der Waals surface area (Å²) in [6.07, 6.45) is 6.97. The van der Waals surface area contributed by atoms with Crippen molar-refractivity contribution >= 4 is 52.0 Å². The number of hydrogen-bond acceptors (Lipinski definition) is 4. The second kappa shape index (κ2) is 13.4. The van der Waals surface area contributed by atoms with Gasteiger partial charge in [-0.05, 0) is 97.1 Å². The number of allylic oxidation sites excluding steroid dienone is 4. The van der Waals surface area contributed by atoms with E-state index in [1.807, 2.05) is 81.5 Å². The van der Waals surface area contributed by atoms with Crippen LogP contribution in [0.25, 0.3) is 16.7 Å². The van der Waals surface area contributed by atoms with Crippen molar-refractivity contribution in [3.05, 3.63) is 123 Å². The topological polar surface area (TPSA) is 96.2 Å². The molecular weight excluding hydrogens is 555 g/mol. The van der Waals surface area contributed by atoms with Gasteiger partial charge in [-0.2, -0.15) is 0 Å². The van der Waals surface area contributed by atoms with Gasteiger partial charge in [0, 0.05) is 40.5 Å². The first-order valence-corrected chi connectivity index (χ1v) is 13.9. The Kier molecular flexibility index (Phi) is 9.71. The van der Waals surface area contributed by atoms with Crippen molar-refractivity contribution < 1.29 is 9.59 Å². The van der Waals surface area contributed by atoms with Gasteiger partial charge in [0.2, 0.25) is 5.91 Å². The fourth-order valence-corrected chi connectivity index (χ4v) is 4.80. The summed E-state index contributed by atoms with van der Waals surface area (Å²) in [5.41, 5.74) is 14.0. The van der Waals surface area contributed by atoms with Gasteiger partial charge in [-0.25, -0.2) is 0 Å². The second-order valence-electron chi connectivity index (χ2n) is 9.89. The van der Waals surface area contributed by atoms with Crippen LogP contribution < -0.4 is 21.7 Å². The van der Waals surface area contributed by atoms with Crippen LogP contribution in [-0.4, -0.2) is 24.9 Å². The second-order valence-corrected chi connectivity index (χ2v) is 10.8. The quantitative estimate of drug-likeness (QED) is 0.0725. The summed E-state index contributed by atoms with van der Waals surface area (Å²) in [6.45, 7) is 6.65. The molecule has 1 aliphatic carbocycles. The van der Waals surface area contributed by atoms with Gasteiger partial charge in [0.05, 0.1) is 11.4 Å². The van der Waals surface area contributed by atoms with Gasteiger partial charge in [-0.1, -0.05) is 59.1 Å². The molecule has 210 valence electrons. The fourth-order valence-electron chi connectivity index (χ4n) is 4.46. The van der Waals surface area contributed by atoms with Crippen LogP contribution >= 0.6 is 23.2 Å². The lowest BCUT2D eigenvalue weighted by Gasteiger charge is -2.10. The highest BCUT2D eigenvalue weighted by Gasteiger charge is 2.24. The lowest BCUT2D eigenvalue weighted by Crippen LogP contribution is -2.30. The van der Waals surface area contributed by atoms with Crippen LogP contribution in [0.3, 0.4) is 0 Å². The summed E-state index contributed by atoms with van der Waals surface area (Å²) in [6, 6.07) is 18.5. The maximum Gasteiger partial charge on any atom is 0.255 e. The predicted molar refractivity (Wildman–Crippen MR) is 171 cm³/mol. The minimum atomic E-state index is -0.258. The summed E-state index contributed by atoms with van der Waals surface area (Å²) in [5, 5.41) is 10.2. The summed E-state index contributed by atoms with van der Waals surface area (Å²) >= 11 is 12.5. The van der Waals surface area contributed by atoms with Crippen LogP contribution in [0, 0.1) is 0 Å². The number of halogens is 2. The maximum absolute atomic E-state index is 12.9. The summed E-state index contributed by atoms with van der Waals surface area (Å²) in [5.74, 6) is -0.476. The molecule has 8 heteroatoms. The molecule has 0 atom stereocenters. The third-order valence-corrected chi connectivity index (χ3v) is 6.84. The van der Waals surface area contributed by atoms with Crippen molar-refractivity contribution in [1.29, 1.82) is 0 Å². The van der Waals surface area contributed by atoms with Crippen LogP contribution in [0.5, 0.6) is 0 Å². The third-order valence-electron chi connectivity index (χ3n) is 6.37. The van der Waals surface area contributed by atoms with Crippen molar-refractivity contribution in [3.63, 3.8) is 0 Å². The molecule has 1 aliphatic rings. The highest BCUT2D eigenvalue weighted by Crippen LogP contribution is 2.45. The molecule has 0 saturated carbocycles. The number of nitrogens with two attached hydrogens (primary N) is 1. The molecule has 0 heterocycles. The molecule has 0 bridgehead atoms. The number of carbonyl (C=O) groups is 2. The third kappa shape index (κ3) is 7.69. The lowest BCUT2D eigenvalue weighted by molar-refractivity contribution is -0.116. The molecule has 0 aromatic heterocycles. The van der Waals surface area contributed by atoms with E-state index in [2.05, 4.69) is 16.0 Å². The van der Waals surface area contributed by atoms with Gasteiger partial charge in [0.25, 0.3) is 5.91 Å². The Labute approximate surface area is 250 Å². The number of rotatable bonds is 9. The number of anilines is 2. The highest BCUT2D eigenvalue weighted by atomic mass is 35.5. The van der Waals surface area contributed by atoms with E-state index in [1.54, 1.807) is 24.3 Å². The summed E-state index contributed by atoms with van der Waals surface area (Å²) in [7, 11) is 0. The highest BCUT2D eigenvalue weighted by molar-refractivity contribution is 6.32. The molecule has 0 unspecified atom stereocenters. The zero-order valence-corrected chi connectivity index (χ0v) is 24.7. The molecule has 5 N–H and O–H groups in total. The molecule has 3 aromatic rings. The van der Waals surface area contributed by atoms with E-state index in [-0.39, 0.29) is 11.8 Å². The molecule has 0 fully saturated rings. The number of hydrogen-bond donors (Lipinski definition) is 4. The van der Waals surface area contributed by atoms with E-state index in [0.717, 1.165) is 39.1 Å². The van der Waals surface area contributed by atoms with Gasteiger partial charge in [-0.3, -0.25) is 9.59 Å². The monoisotopic (exact) mass is 586 g/mol. The Bertz CT molecular complexity index is 1560. The van der Waals surface area contributed by atoms with Crippen LogP contribution in [0.2, 0.25) is 10.0 Å². The molecular formula is C33H32Cl2N4O2. The van der Waals surface area contributed by atoms with Crippen molar-refractivity contribution in [2.45, 2.75) is 20.8 Å². The van der Waals surface area contributed by atoms with Crippen molar-refractivity contribution in [3.8, 4) is 11.1 Å². The first-order chi connectivity index (χ1) is 19.6. The van der Waals surface area contributed by atoms with Crippen molar-refractivity contribution in [2.24, 2.45) is 0 Å². The molecule has 6 nitrogen and oxygen atoms in total. The number of fused-ring (bicyclic) bond motifs is 3. The Morgan fingerprint density at radius 1 is 0.805 bits per heavy atom. The van der Waals surface area contributed by atoms with Gasteiger partial charge < -0.3 is 21.7 Å². The maximum atomic E-state index is 12.9. The summed E-state index contributed by atoms with van der Waals surface area (Å²) < 4.78 is 0. The standard InChI is InChI=1S/C33H32Cl2N4O2/c1-20(2)16-22(33(41)39-31-7-5-4-6-30(31)36)9-8-21(3)37-14-15-38-32(40)19-29-27-17-23(34)10-12-25(27)26-13-11-24(35)18-28(26)29/h4-13,16-19,37H,14-15,36H2,1-3H3,(H,38,40)(H,39,41)/b21-8+,22-9+. The number of amides is 2. The van der Waals surface area contributed by atoms with Crippen LogP contribution in [-0.2, 0) is 9.59 Å². The molecule has 0 spiro atoms. The first-order valence-electron chi connectivity index (χ1n) is 13.2. The van der Waals surface area contributed by atoms with E-state index in [9.17, 15) is 9.59 Å². The smallest absolute Gasteiger partial charge is 0.255 e. The normalized spacial score (nSPS) is 12.3.